The minimum Gasteiger partial charge on any atom is -0.372 e. The average Bonchev–Trinajstić information content (AvgIpc) is 3.40. The summed E-state index contributed by atoms with van der Waals surface area (Å²) in [5, 5.41) is 12.4. The maximum absolute atomic E-state index is 6.29. The van der Waals surface area contributed by atoms with E-state index in [0.717, 1.165) is 58.6 Å². The van der Waals surface area contributed by atoms with E-state index < -0.39 is 0 Å². The highest BCUT2D eigenvalue weighted by molar-refractivity contribution is 5.71. The van der Waals surface area contributed by atoms with Crippen molar-refractivity contribution in [3.05, 3.63) is 53.7 Å². The third-order valence-electron chi connectivity index (χ3n) is 6.15. The molecule has 2 atom stereocenters. The minimum atomic E-state index is 0.253. The number of anilines is 2. The number of rotatable bonds is 6. The molecule has 33 heavy (non-hydrogen) atoms. The standard InChI is InChI=1S/C24H30N8O/c1-15-12-30(4)13-21(15)33-14-19-11-25-31(5)24(19)18-6-7-32-20(9-18)10-23(29-32)28-22-8-16(2)26-17(3)27-22/h6-11,15,21H,12-14H2,1-5H3,(H,26,27,28,29). The molecular formula is C24H30N8O. The molecule has 0 amide bonds. The summed E-state index contributed by atoms with van der Waals surface area (Å²) in [5.41, 5.74) is 5.14. The van der Waals surface area contributed by atoms with Crippen LogP contribution < -0.4 is 5.32 Å². The smallest absolute Gasteiger partial charge is 0.154 e. The fourth-order valence-electron chi connectivity index (χ4n) is 4.66. The van der Waals surface area contributed by atoms with Crippen molar-refractivity contribution in [2.24, 2.45) is 13.0 Å². The van der Waals surface area contributed by atoms with Gasteiger partial charge in [-0.25, -0.2) is 14.5 Å². The van der Waals surface area contributed by atoms with Gasteiger partial charge in [-0.05, 0) is 38.9 Å². The lowest BCUT2D eigenvalue weighted by Crippen LogP contribution is -2.21. The number of hydrogen-bond donors (Lipinski definition) is 1. The first-order chi connectivity index (χ1) is 15.9. The molecule has 9 heteroatoms. The van der Waals surface area contributed by atoms with Crippen molar-refractivity contribution in [2.75, 3.05) is 25.5 Å². The molecule has 1 fully saturated rings. The van der Waals surface area contributed by atoms with E-state index in [9.17, 15) is 0 Å². The van der Waals surface area contributed by atoms with Gasteiger partial charge in [0.1, 0.15) is 11.6 Å². The number of fused-ring (bicyclic) bond motifs is 1. The molecule has 0 aliphatic carbocycles. The first-order valence-electron chi connectivity index (χ1n) is 11.3. The maximum atomic E-state index is 6.29. The lowest BCUT2D eigenvalue weighted by molar-refractivity contribution is 0.0273. The highest BCUT2D eigenvalue weighted by Gasteiger charge is 2.28. The second-order valence-electron chi connectivity index (χ2n) is 9.07. The normalized spacial score (nSPS) is 18.9. The first-order valence-corrected chi connectivity index (χ1v) is 11.3. The minimum absolute atomic E-state index is 0.253. The monoisotopic (exact) mass is 446 g/mol. The number of nitrogens with zero attached hydrogens (tertiary/aromatic N) is 7. The third-order valence-corrected chi connectivity index (χ3v) is 6.15. The van der Waals surface area contributed by atoms with Crippen molar-refractivity contribution in [3.63, 3.8) is 0 Å². The second-order valence-corrected chi connectivity index (χ2v) is 9.07. The molecule has 4 aromatic heterocycles. The molecule has 1 aliphatic rings. The Labute approximate surface area is 193 Å². The predicted molar refractivity (Wildman–Crippen MR) is 127 cm³/mol. The van der Waals surface area contributed by atoms with Crippen LogP contribution in [0.1, 0.15) is 24.0 Å². The van der Waals surface area contributed by atoms with Gasteiger partial charge in [-0.15, -0.1) is 0 Å². The summed E-state index contributed by atoms with van der Waals surface area (Å²) in [6, 6.07) is 8.11. The summed E-state index contributed by atoms with van der Waals surface area (Å²) < 4.78 is 10.1. The van der Waals surface area contributed by atoms with Gasteiger partial charge in [-0.1, -0.05) is 6.92 Å². The topological polar surface area (TPSA) is 85.4 Å². The Hall–Kier alpha value is -3.30. The van der Waals surface area contributed by atoms with Crippen LogP contribution in [0.5, 0.6) is 0 Å². The van der Waals surface area contributed by atoms with Crippen molar-refractivity contribution < 1.29 is 4.74 Å². The van der Waals surface area contributed by atoms with Gasteiger partial charge >= 0.3 is 0 Å². The van der Waals surface area contributed by atoms with Gasteiger partial charge in [-0.3, -0.25) is 4.68 Å². The zero-order valence-electron chi connectivity index (χ0n) is 19.8. The summed E-state index contributed by atoms with van der Waals surface area (Å²) in [6.45, 7) is 8.69. The molecule has 1 saturated heterocycles. The Morgan fingerprint density at radius 3 is 2.70 bits per heavy atom. The number of likely N-dealkylation sites (tertiary alicyclic amines) is 1. The number of aromatic nitrogens is 6. The van der Waals surface area contributed by atoms with Crippen LogP contribution in [0.15, 0.2) is 36.7 Å². The molecule has 5 heterocycles. The van der Waals surface area contributed by atoms with Gasteiger partial charge in [0, 0.05) is 55.3 Å². The number of ether oxygens (including phenoxy) is 1. The Morgan fingerprint density at radius 2 is 1.94 bits per heavy atom. The molecular weight excluding hydrogens is 416 g/mol. The maximum Gasteiger partial charge on any atom is 0.154 e. The molecule has 1 N–H and O–H groups in total. The summed E-state index contributed by atoms with van der Waals surface area (Å²) >= 11 is 0. The summed E-state index contributed by atoms with van der Waals surface area (Å²) in [7, 11) is 4.12. The van der Waals surface area contributed by atoms with E-state index in [1.54, 1.807) is 0 Å². The van der Waals surface area contributed by atoms with E-state index in [1.807, 2.05) is 54.6 Å². The Morgan fingerprint density at radius 1 is 1.09 bits per heavy atom. The van der Waals surface area contributed by atoms with Crippen LogP contribution in [-0.4, -0.2) is 60.5 Å². The molecule has 0 radical (unpaired) electrons. The van der Waals surface area contributed by atoms with E-state index in [-0.39, 0.29) is 6.10 Å². The van der Waals surface area contributed by atoms with E-state index in [1.165, 1.54) is 0 Å². The van der Waals surface area contributed by atoms with Crippen molar-refractivity contribution in [1.29, 1.82) is 0 Å². The quantitative estimate of drug-likeness (QED) is 0.486. The number of pyridine rings is 1. The van der Waals surface area contributed by atoms with Crippen molar-refractivity contribution in [2.45, 2.75) is 33.5 Å². The highest BCUT2D eigenvalue weighted by atomic mass is 16.5. The van der Waals surface area contributed by atoms with Crippen LogP contribution in [0.2, 0.25) is 0 Å². The number of hydrogen-bond acceptors (Lipinski definition) is 7. The molecule has 172 valence electrons. The van der Waals surface area contributed by atoms with E-state index in [4.69, 9.17) is 4.74 Å². The van der Waals surface area contributed by atoms with Crippen LogP contribution in [0.3, 0.4) is 0 Å². The van der Waals surface area contributed by atoms with Gasteiger partial charge < -0.3 is 15.0 Å². The van der Waals surface area contributed by atoms with Gasteiger partial charge in [0.05, 0.1) is 30.1 Å². The predicted octanol–water partition coefficient (Wildman–Crippen LogP) is 3.35. The van der Waals surface area contributed by atoms with E-state index in [0.29, 0.717) is 12.5 Å². The third kappa shape index (κ3) is 4.46. The number of likely N-dealkylation sites (N-methyl/N-ethyl adjacent to an activating group) is 1. The summed E-state index contributed by atoms with van der Waals surface area (Å²) in [4.78, 5) is 11.1. The average molecular weight is 447 g/mol. The van der Waals surface area contributed by atoms with Crippen molar-refractivity contribution in [3.8, 4) is 11.3 Å². The van der Waals surface area contributed by atoms with Crippen LogP contribution in [0, 0.1) is 19.8 Å². The fraction of sp³-hybridized carbons (Fsp3) is 0.417. The molecule has 0 bridgehead atoms. The molecule has 0 aromatic carbocycles. The van der Waals surface area contributed by atoms with E-state index >= 15 is 0 Å². The molecule has 4 aromatic rings. The van der Waals surface area contributed by atoms with E-state index in [2.05, 4.69) is 56.5 Å². The van der Waals surface area contributed by atoms with Crippen molar-refractivity contribution in [1.82, 2.24) is 34.3 Å². The highest BCUT2D eigenvalue weighted by Crippen LogP contribution is 2.28. The van der Waals surface area contributed by atoms with Crippen LogP contribution in [0.4, 0.5) is 11.6 Å². The fourth-order valence-corrected chi connectivity index (χ4v) is 4.66. The van der Waals surface area contributed by atoms with Crippen LogP contribution >= 0.6 is 0 Å². The molecule has 1 aliphatic heterocycles. The molecule has 5 rings (SSSR count). The lowest BCUT2D eigenvalue weighted by atomic mass is 10.1. The van der Waals surface area contributed by atoms with Crippen molar-refractivity contribution >= 4 is 17.2 Å². The lowest BCUT2D eigenvalue weighted by Gasteiger charge is -2.16. The molecule has 9 nitrogen and oxygen atoms in total. The van der Waals surface area contributed by atoms with Gasteiger partial charge in [0.2, 0.25) is 0 Å². The van der Waals surface area contributed by atoms with Gasteiger partial charge in [-0.2, -0.15) is 10.2 Å². The summed E-state index contributed by atoms with van der Waals surface area (Å²) in [6.07, 6.45) is 4.13. The van der Waals surface area contributed by atoms with Gasteiger partial charge in [0.15, 0.2) is 5.82 Å². The second kappa shape index (κ2) is 8.57. The number of nitrogens with one attached hydrogen (secondary N) is 1. The number of aryl methyl sites for hydroxylation is 3. The van der Waals surface area contributed by atoms with Gasteiger partial charge in [0.25, 0.3) is 0 Å². The zero-order chi connectivity index (χ0) is 23.1. The zero-order valence-corrected chi connectivity index (χ0v) is 19.8. The summed E-state index contributed by atoms with van der Waals surface area (Å²) in [5.74, 6) is 2.74. The molecule has 0 saturated carbocycles. The first kappa shape index (κ1) is 21.5. The Balaban J connectivity index is 1.38. The SMILES string of the molecule is Cc1cc(Nc2cc3cc(-c4c(COC5CN(C)CC5C)cnn4C)ccn3n2)nc(C)n1. The largest absolute Gasteiger partial charge is 0.372 e. The molecule has 2 unspecified atom stereocenters. The Kier molecular flexibility index (Phi) is 5.59. The van der Waals surface area contributed by atoms with Crippen LogP contribution in [-0.2, 0) is 18.4 Å². The Bertz CT molecular complexity index is 1270. The molecule has 0 spiro atoms. The van der Waals surface area contributed by atoms with Crippen LogP contribution in [0.25, 0.3) is 16.8 Å².